The predicted octanol–water partition coefficient (Wildman–Crippen LogP) is 1.73. The highest BCUT2D eigenvalue weighted by atomic mass is 16.6. The average Bonchev–Trinajstić information content (AvgIpc) is 2.51. The smallest absolute Gasteiger partial charge is 0.306 e. The first-order valence-corrected chi connectivity index (χ1v) is 8.80. The van der Waals surface area contributed by atoms with E-state index in [0.717, 1.165) is 0 Å². The van der Waals surface area contributed by atoms with E-state index in [-0.39, 0.29) is 24.3 Å². The number of rotatable bonds is 9. The molecule has 7 nitrogen and oxygen atoms in total. The molecule has 24 heavy (non-hydrogen) atoms. The molecule has 0 amide bonds. The van der Waals surface area contributed by atoms with Crippen molar-refractivity contribution < 1.29 is 28.6 Å². The lowest BCUT2D eigenvalue weighted by Crippen LogP contribution is -2.58. The number of carbonyl (C=O) groups excluding carboxylic acids is 3. The third kappa shape index (κ3) is 6.86. The summed E-state index contributed by atoms with van der Waals surface area (Å²) >= 11 is 0. The molecule has 1 fully saturated rings. The summed E-state index contributed by atoms with van der Waals surface area (Å²) in [5.41, 5.74) is 0. The average molecular weight is 343 g/mol. The molecule has 0 bridgehead atoms. The maximum Gasteiger partial charge on any atom is 0.306 e. The van der Waals surface area contributed by atoms with Crippen molar-refractivity contribution in [3.8, 4) is 0 Å². The van der Waals surface area contributed by atoms with Crippen molar-refractivity contribution in [1.82, 2.24) is 5.32 Å². The molecule has 1 rings (SSSR count). The van der Waals surface area contributed by atoms with E-state index < -0.39 is 18.3 Å². The fraction of sp³-hybridized carbons (Fsp3) is 0.824. The zero-order valence-corrected chi connectivity index (χ0v) is 14.8. The van der Waals surface area contributed by atoms with Crippen LogP contribution in [0.5, 0.6) is 0 Å². The van der Waals surface area contributed by atoms with Gasteiger partial charge in [0.05, 0.1) is 0 Å². The van der Waals surface area contributed by atoms with Gasteiger partial charge in [-0.05, 0) is 19.3 Å². The van der Waals surface area contributed by atoms with E-state index in [9.17, 15) is 14.4 Å². The van der Waals surface area contributed by atoms with Gasteiger partial charge < -0.3 is 19.5 Å². The van der Waals surface area contributed by atoms with Crippen molar-refractivity contribution in [3.05, 3.63) is 0 Å². The van der Waals surface area contributed by atoms with Gasteiger partial charge in [-0.2, -0.15) is 0 Å². The zero-order valence-electron chi connectivity index (χ0n) is 14.8. The molecule has 1 heterocycles. The number of hydrogen-bond donors (Lipinski definition) is 1. The van der Waals surface area contributed by atoms with Crippen molar-refractivity contribution in [2.24, 2.45) is 0 Å². The van der Waals surface area contributed by atoms with Crippen LogP contribution in [-0.4, -0.2) is 49.3 Å². The molecule has 0 radical (unpaired) electrons. The molecule has 2 atom stereocenters. The summed E-state index contributed by atoms with van der Waals surface area (Å²) in [4.78, 5) is 35.5. The molecule has 0 aliphatic carbocycles. The summed E-state index contributed by atoms with van der Waals surface area (Å²) in [5, 5.41) is 3.07. The van der Waals surface area contributed by atoms with Crippen LogP contribution >= 0.6 is 0 Å². The van der Waals surface area contributed by atoms with Crippen LogP contribution < -0.4 is 5.32 Å². The highest BCUT2D eigenvalue weighted by Gasteiger charge is 2.40. The van der Waals surface area contributed by atoms with Crippen LogP contribution in [0.4, 0.5) is 0 Å². The first-order valence-electron chi connectivity index (χ1n) is 8.80. The minimum atomic E-state index is -0.771. The molecule has 7 heteroatoms. The van der Waals surface area contributed by atoms with E-state index in [2.05, 4.69) is 5.32 Å². The molecule has 0 aromatic carbocycles. The first-order chi connectivity index (χ1) is 11.5. The molecule has 1 saturated heterocycles. The summed E-state index contributed by atoms with van der Waals surface area (Å²) < 4.78 is 16.3. The second kappa shape index (κ2) is 11.0. The van der Waals surface area contributed by atoms with Crippen molar-refractivity contribution in [2.45, 2.75) is 77.6 Å². The lowest BCUT2D eigenvalue weighted by atomic mass is 10.0. The number of nitrogens with one attached hydrogen (secondary N) is 1. The van der Waals surface area contributed by atoms with Gasteiger partial charge in [-0.25, -0.2) is 0 Å². The SMILES string of the molecule is CCCC(=O)OC1CNCC(OC(=O)CCC)C1OC(=O)CCC. The minimum Gasteiger partial charge on any atom is -0.457 e. The van der Waals surface area contributed by atoms with Crippen molar-refractivity contribution >= 4 is 17.9 Å². The first kappa shape index (κ1) is 20.4. The Hall–Kier alpha value is -1.63. The van der Waals surface area contributed by atoms with Crippen LogP contribution in [0, 0.1) is 0 Å². The van der Waals surface area contributed by atoms with Crippen LogP contribution in [0.2, 0.25) is 0 Å². The molecule has 1 aliphatic rings. The topological polar surface area (TPSA) is 90.9 Å². The lowest BCUT2D eigenvalue weighted by molar-refractivity contribution is -0.189. The van der Waals surface area contributed by atoms with Crippen LogP contribution in [0.3, 0.4) is 0 Å². The van der Waals surface area contributed by atoms with Gasteiger partial charge in [0.1, 0.15) is 0 Å². The van der Waals surface area contributed by atoms with Crippen LogP contribution in [0.1, 0.15) is 59.3 Å². The van der Waals surface area contributed by atoms with E-state index >= 15 is 0 Å². The Morgan fingerprint density at radius 3 is 1.50 bits per heavy atom. The highest BCUT2D eigenvalue weighted by Crippen LogP contribution is 2.18. The van der Waals surface area contributed by atoms with E-state index in [1.165, 1.54) is 0 Å². The van der Waals surface area contributed by atoms with Gasteiger partial charge >= 0.3 is 17.9 Å². The van der Waals surface area contributed by atoms with Gasteiger partial charge in [-0.15, -0.1) is 0 Å². The summed E-state index contributed by atoms with van der Waals surface area (Å²) in [6.45, 7) is 6.37. The number of piperidine rings is 1. The molecule has 0 saturated carbocycles. The fourth-order valence-electron chi connectivity index (χ4n) is 2.49. The predicted molar refractivity (Wildman–Crippen MR) is 87.2 cm³/mol. The Balaban J connectivity index is 2.80. The van der Waals surface area contributed by atoms with Crippen molar-refractivity contribution in [3.63, 3.8) is 0 Å². The van der Waals surface area contributed by atoms with E-state index in [1.807, 2.05) is 20.8 Å². The van der Waals surface area contributed by atoms with Gasteiger partial charge in [-0.1, -0.05) is 20.8 Å². The normalized spacial score (nSPS) is 23.4. The monoisotopic (exact) mass is 343 g/mol. The highest BCUT2D eigenvalue weighted by molar-refractivity contribution is 5.71. The summed E-state index contributed by atoms with van der Waals surface area (Å²) in [5.74, 6) is -1.07. The molecule has 1 aliphatic heterocycles. The van der Waals surface area contributed by atoms with Crippen molar-refractivity contribution in [1.29, 1.82) is 0 Å². The molecule has 2 unspecified atom stereocenters. The third-order valence-corrected chi connectivity index (χ3v) is 3.62. The van der Waals surface area contributed by atoms with Gasteiger partial charge in [-0.3, -0.25) is 14.4 Å². The van der Waals surface area contributed by atoms with E-state index in [4.69, 9.17) is 14.2 Å². The summed E-state index contributed by atoms with van der Waals surface area (Å²) in [6, 6.07) is 0. The second-order valence-corrected chi connectivity index (χ2v) is 5.92. The van der Waals surface area contributed by atoms with Gasteiger partial charge in [0.2, 0.25) is 0 Å². The third-order valence-electron chi connectivity index (χ3n) is 3.62. The van der Waals surface area contributed by atoms with Crippen LogP contribution in [0.25, 0.3) is 0 Å². The number of hydrogen-bond acceptors (Lipinski definition) is 7. The Labute approximate surface area is 143 Å². The Bertz CT molecular complexity index is 397. The largest absolute Gasteiger partial charge is 0.457 e. The molecule has 0 aromatic rings. The summed E-state index contributed by atoms with van der Waals surface area (Å²) in [6.07, 6.45) is 0.795. The Kier molecular flexibility index (Phi) is 9.37. The Morgan fingerprint density at radius 1 is 0.750 bits per heavy atom. The number of ether oxygens (including phenoxy) is 3. The Morgan fingerprint density at radius 2 is 1.12 bits per heavy atom. The van der Waals surface area contributed by atoms with Gasteiger partial charge in [0.15, 0.2) is 18.3 Å². The molecule has 138 valence electrons. The van der Waals surface area contributed by atoms with E-state index in [1.54, 1.807) is 0 Å². The molecular weight excluding hydrogens is 314 g/mol. The van der Waals surface area contributed by atoms with Crippen LogP contribution in [-0.2, 0) is 28.6 Å². The second-order valence-electron chi connectivity index (χ2n) is 5.92. The standard InChI is InChI=1S/C17H29NO6/c1-4-7-14(19)22-12-10-18-11-13(23-15(20)8-5-2)17(12)24-16(21)9-6-3/h12-13,17-18H,4-11H2,1-3H3. The van der Waals surface area contributed by atoms with Crippen LogP contribution in [0.15, 0.2) is 0 Å². The van der Waals surface area contributed by atoms with Crippen molar-refractivity contribution in [2.75, 3.05) is 13.1 Å². The maximum absolute atomic E-state index is 11.9. The van der Waals surface area contributed by atoms with E-state index in [0.29, 0.717) is 45.2 Å². The minimum absolute atomic E-state index is 0.273. The maximum atomic E-state index is 11.9. The lowest BCUT2D eigenvalue weighted by Gasteiger charge is -2.36. The number of carbonyl (C=O) groups is 3. The van der Waals surface area contributed by atoms with Gasteiger partial charge in [0.25, 0.3) is 0 Å². The zero-order chi connectivity index (χ0) is 17.9. The summed E-state index contributed by atoms with van der Waals surface area (Å²) in [7, 11) is 0. The quantitative estimate of drug-likeness (QED) is 0.503. The van der Waals surface area contributed by atoms with Gasteiger partial charge in [0, 0.05) is 32.4 Å². The molecule has 0 aromatic heterocycles. The molecule has 1 N–H and O–H groups in total. The fourth-order valence-corrected chi connectivity index (χ4v) is 2.49. The molecular formula is C17H29NO6. The molecule has 0 spiro atoms. The number of esters is 3.